The minimum atomic E-state index is -0.542. The van der Waals surface area contributed by atoms with Crippen LogP contribution in [0.15, 0.2) is 71.6 Å². The molecule has 0 bridgehead atoms. The average molecular weight is 338 g/mol. The monoisotopic (exact) mass is 338 g/mol. The van der Waals surface area contributed by atoms with E-state index >= 15 is 0 Å². The van der Waals surface area contributed by atoms with Crippen LogP contribution in [-0.2, 0) is 9.53 Å². The lowest BCUT2D eigenvalue weighted by molar-refractivity contribution is -0.125. The first-order valence-corrected chi connectivity index (χ1v) is 7.87. The van der Waals surface area contributed by atoms with Gasteiger partial charge in [-0.3, -0.25) is 4.79 Å². The Hall–Kier alpha value is -3.28. The summed E-state index contributed by atoms with van der Waals surface area (Å²) in [6.45, 7) is 1.45. The number of benzene rings is 1. The van der Waals surface area contributed by atoms with Gasteiger partial charge in [-0.25, -0.2) is 4.79 Å². The molecule has 2 heterocycles. The highest BCUT2D eigenvalue weighted by molar-refractivity contribution is 5.91. The Morgan fingerprint density at radius 1 is 1.12 bits per heavy atom. The van der Waals surface area contributed by atoms with Crippen molar-refractivity contribution in [1.82, 2.24) is 9.88 Å². The molecule has 1 aromatic carbocycles. The highest BCUT2D eigenvalue weighted by atomic mass is 16.5. The first-order valence-electron chi connectivity index (χ1n) is 7.87. The van der Waals surface area contributed by atoms with E-state index in [0.29, 0.717) is 11.3 Å². The highest BCUT2D eigenvalue weighted by Crippen LogP contribution is 2.13. The number of esters is 1. The van der Waals surface area contributed by atoms with E-state index in [1.807, 2.05) is 41.2 Å². The SMILES string of the molecule is C[C@@H](NC(=O)COC(=O)c1ccc(-n2cccc2)cc1)c1ccco1. The Morgan fingerprint density at radius 3 is 2.48 bits per heavy atom. The second-order valence-electron chi connectivity index (χ2n) is 5.52. The van der Waals surface area contributed by atoms with Crippen molar-refractivity contribution in [3.05, 3.63) is 78.5 Å². The maximum atomic E-state index is 12.0. The van der Waals surface area contributed by atoms with E-state index in [1.54, 1.807) is 31.2 Å². The maximum absolute atomic E-state index is 12.0. The number of nitrogens with one attached hydrogen (secondary N) is 1. The van der Waals surface area contributed by atoms with Crippen LogP contribution < -0.4 is 5.32 Å². The number of rotatable bonds is 6. The van der Waals surface area contributed by atoms with Crippen molar-refractivity contribution in [1.29, 1.82) is 0 Å². The van der Waals surface area contributed by atoms with E-state index in [0.717, 1.165) is 5.69 Å². The van der Waals surface area contributed by atoms with Gasteiger partial charge in [0.1, 0.15) is 5.76 Å². The third-order valence-corrected chi connectivity index (χ3v) is 3.69. The molecule has 2 aromatic heterocycles. The number of carbonyl (C=O) groups is 2. The van der Waals surface area contributed by atoms with Crippen molar-refractivity contribution >= 4 is 11.9 Å². The third-order valence-electron chi connectivity index (χ3n) is 3.69. The van der Waals surface area contributed by atoms with Crippen LogP contribution in [0.25, 0.3) is 5.69 Å². The Kier molecular flexibility index (Phi) is 4.99. The van der Waals surface area contributed by atoms with Gasteiger partial charge in [-0.05, 0) is 55.5 Å². The van der Waals surface area contributed by atoms with Gasteiger partial charge in [0.2, 0.25) is 0 Å². The van der Waals surface area contributed by atoms with Crippen molar-refractivity contribution in [2.24, 2.45) is 0 Å². The van der Waals surface area contributed by atoms with E-state index in [4.69, 9.17) is 9.15 Å². The Labute approximate surface area is 145 Å². The molecular formula is C19H18N2O4. The van der Waals surface area contributed by atoms with Crippen molar-refractivity contribution in [2.75, 3.05) is 6.61 Å². The molecule has 1 N–H and O–H groups in total. The van der Waals surface area contributed by atoms with Crippen molar-refractivity contribution in [3.63, 3.8) is 0 Å². The molecule has 0 aliphatic carbocycles. The van der Waals surface area contributed by atoms with E-state index < -0.39 is 5.97 Å². The van der Waals surface area contributed by atoms with Gasteiger partial charge in [0.05, 0.1) is 17.9 Å². The zero-order valence-electron chi connectivity index (χ0n) is 13.7. The molecule has 3 rings (SSSR count). The van der Waals surface area contributed by atoms with Crippen LogP contribution in [0.2, 0.25) is 0 Å². The normalized spacial score (nSPS) is 11.7. The van der Waals surface area contributed by atoms with Crippen molar-refractivity contribution in [3.8, 4) is 5.69 Å². The van der Waals surface area contributed by atoms with Crippen LogP contribution in [0.5, 0.6) is 0 Å². The van der Waals surface area contributed by atoms with Gasteiger partial charge in [-0.2, -0.15) is 0 Å². The van der Waals surface area contributed by atoms with E-state index in [-0.39, 0.29) is 18.6 Å². The zero-order chi connectivity index (χ0) is 17.6. The number of amides is 1. The molecule has 0 unspecified atom stereocenters. The molecule has 0 fully saturated rings. The molecule has 0 saturated heterocycles. The first-order chi connectivity index (χ1) is 12.1. The molecule has 0 spiro atoms. The van der Waals surface area contributed by atoms with Gasteiger partial charge in [0.25, 0.3) is 5.91 Å². The maximum Gasteiger partial charge on any atom is 0.338 e. The van der Waals surface area contributed by atoms with Gasteiger partial charge >= 0.3 is 5.97 Å². The fourth-order valence-electron chi connectivity index (χ4n) is 2.38. The van der Waals surface area contributed by atoms with Crippen LogP contribution in [-0.4, -0.2) is 23.1 Å². The topological polar surface area (TPSA) is 73.5 Å². The summed E-state index contributed by atoms with van der Waals surface area (Å²) in [5.74, 6) is -0.290. The minimum absolute atomic E-state index is 0.290. The smallest absolute Gasteiger partial charge is 0.338 e. The summed E-state index contributed by atoms with van der Waals surface area (Å²) >= 11 is 0. The summed E-state index contributed by atoms with van der Waals surface area (Å²) in [4.78, 5) is 23.9. The Bertz CT molecular complexity index is 821. The van der Waals surface area contributed by atoms with Crippen LogP contribution >= 0.6 is 0 Å². The quantitative estimate of drug-likeness (QED) is 0.701. The van der Waals surface area contributed by atoms with Crippen molar-refractivity contribution < 1.29 is 18.7 Å². The summed E-state index contributed by atoms with van der Waals surface area (Å²) in [6.07, 6.45) is 5.37. The molecule has 0 radical (unpaired) electrons. The minimum Gasteiger partial charge on any atom is -0.467 e. The van der Waals surface area contributed by atoms with Crippen LogP contribution in [0.1, 0.15) is 29.1 Å². The summed E-state index contributed by atoms with van der Waals surface area (Å²) < 4.78 is 12.2. The van der Waals surface area contributed by atoms with Crippen molar-refractivity contribution in [2.45, 2.75) is 13.0 Å². The molecule has 6 heteroatoms. The molecule has 1 atom stereocenters. The molecule has 6 nitrogen and oxygen atoms in total. The molecule has 128 valence electrons. The molecule has 0 aliphatic heterocycles. The number of hydrogen-bond donors (Lipinski definition) is 1. The molecule has 25 heavy (non-hydrogen) atoms. The van der Waals surface area contributed by atoms with Crippen LogP contribution in [0, 0.1) is 0 Å². The summed E-state index contributed by atoms with van der Waals surface area (Å²) in [7, 11) is 0. The first kappa shape index (κ1) is 16.6. The van der Waals surface area contributed by atoms with E-state index in [1.165, 1.54) is 6.26 Å². The van der Waals surface area contributed by atoms with E-state index in [2.05, 4.69) is 5.32 Å². The Morgan fingerprint density at radius 2 is 1.84 bits per heavy atom. The summed E-state index contributed by atoms with van der Waals surface area (Å²) in [6, 6.07) is 14.0. The second kappa shape index (κ2) is 7.53. The summed E-state index contributed by atoms with van der Waals surface area (Å²) in [5, 5.41) is 2.70. The zero-order valence-corrected chi connectivity index (χ0v) is 13.7. The van der Waals surface area contributed by atoms with E-state index in [9.17, 15) is 9.59 Å². The van der Waals surface area contributed by atoms with Crippen LogP contribution in [0.4, 0.5) is 0 Å². The predicted molar refractivity (Wildman–Crippen MR) is 91.3 cm³/mol. The molecule has 3 aromatic rings. The molecule has 0 aliphatic rings. The number of nitrogens with zero attached hydrogens (tertiary/aromatic N) is 1. The van der Waals surface area contributed by atoms with Gasteiger partial charge in [-0.1, -0.05) is 0 Å². The number of ether oxygens (including phenoxy) is 1. The number of carbonyl (C=O) groups excluding carboxylic acids is 2. The van der Waals surface area contributed by atoms with Gasteiger partial charge in [0.15, 0.2) is 6.61 Å². The molecule has 0 saturated carbocycles. The fourth-order valence-corrected chi connectivity index (χ4v) is 2.38. The van der Waals surface area contributed by atoms with Gasteiger partial charge < -0.3 is 19.0 Å². The largest absolute Gasteiger partial charge is 0.467 e. The highest BCUT2D eigenvalue weighted by Gasteiger charge is 2.14. The van der Waals surface area contributed by atoms with Crippen LogP contribution in [0.3, 0.4) is 0 Å². The number of furan rings is 1. The van der Waals surface area contributed by atoms with Gasteiger partial charge in [0, 0.05) is 18.1 Å². The lowest BCUT2D eigenvalue weighted by atomic mass is 10.2. The summed E-state index contributed by atoms with van der Waals surface area (Å²) in [5.41, 5.74) is 1.33. The third kappa shape index (κ3) is 4.17. The predicted octanol–water partition coefficient (Wildman–Crippen LogP) is 3.10. The Balaban J connectivity index is 1.51. The molecular weight excluding hydrogens is 320 g/mol. The lowest BCUT2D eigenvalue weighted by Crippen LogP contribution is -2.30. The fraction of sp³-hybridized carbons (Fsp3) is 0.158. The lowest BCUT2D eigenvalue weighted by Gasteiger charge is -2.11. The number of aromatic nitrogens is 1. The second-order valence-corrected chi connectivity index (χ2v) is 5.52. The average Bonchev–Trinajstić information content (AvgIpc) is 3.33. The van der Waals surface area contributed by atoms with Gasteiger partial charge in [-0.15, -0.1) is 0 Å². The standard InChI is InChI=1S/C19H18N2O4/c1-14(17-5-4-12-24-17)20-18(22)13-25-19(23)15-6-8-16(9-7-15)21-10-2-3-11-21/h2-12,14H,13H2,1H3,(H,20,22)/t14-/m1/s1. The number of hydrogen-bond acceptors (Lipinski definition) is 4. The molecule has 1 amide bonds.